The molecule has 1 nitrogen and oxygen atoms in total. The Morgan fingerprint density at radius 1 is 0.667 bits per heavy atom. The van der Waals surface area contributed by atoms with Crippen LogP contribution in [0.3, 0.4) is 0 Å². The van der Waals surface area contributed by atoms with Gasteiger partial charge in [-0.3, -0.25) is 0 Å². The van der Waals surface area contributed by atoms with Crippen LogP contribution in [0.2, 0.25) is 0 Å². The summed E-state index contributed by atoms with van der Waals surface area (Å²) < 4.78 is 0. The zero-order valence-electron chi connectivity index (χ0n) is 13.5. The van der Waals surface area contributed by atoms with Crippen LogP contribution in [-0.4, -0.2) is 6.04 Å². The van der Waals surface area contributed by atoms with Gasteiger partial charge in [0, 0.05) is 11.7 Å². The quantitative estimate of drug-likeness (QED) is 0.716. The van der Waals surface area contributed by atoms with Crippen LogP contribution >= 0.6 is 0 Å². The van der Waals surface area contributed by atoms with Gasteiger partial charge in [0.15, 0.2) is 0 Å². The second-order valence-corrected chi connectivity index (χ2v) is 7.08. The van der Waals surface area contributed by atoms with Crippen LogP contribution in [0.1, 0.15) is 81.8 Å². The second kappa shape index (κ2) is 7.87. The van der Waals surface area contributed by atoms with Gasteiger partial charge in [-0.2, -0.15) is 0 Å². The second-order valence-electron chi connectivity index (χ2n) is 7.08. The van der Waals surface area contributed by atoms with Crippen LogP contribution in [0.5, 0.6) is 0 Å². The van der Waals surface area contributed by atoms with Gasteiger partial charge in [0.1, 0.15) is 0 Å². The van der Waals surface area contributed by atoms with Gasteiger partial charge >= 0.3 is 0 Å². The van der Waals surface area contributed by atoms with E-state index in [1.165, 1.54) is 89.2 Å². The number of anilines is 1. The summed E-state index contributed by atoms with van der Waals surface area (Å²) in [5.74, 6) is 0. The first-order valence-corrected chi connectivity index (χ1v) is 9.30. The summed E-state index contributed by atoms with van der Waals surface area (Å²) in [4.78, 5) is 0. The first-order valence-electron chi connectivity index (χ1n) is 9.30. The molecule has 0 heterocycles. The lowest BCUT2D eigenvalue weighted by molar-refractivity contribution is 0.462. The molecular formula is C20H31N. The average Bonchev–Trinajstić information content (AvgIpc) is 2.53. The van der Waals surface area contributed by atoms with Crippen LogP contribution in [-0.2, 0) is 12.8 Å². The highest BCUT2D eigenvalue weighted by molar-refractivity contribution is 5.49. The number of rotatable bonds is 2. The minimum absolute atomic E-state index is 0.719. The van der Waals surface area contributed by atoms with Crippen LogP contribution in [0.25, 0.3) is 0 Å². The molecule has 2 aliphatic rings. The minimum atomic E-state index is 0.719. The van der Waals surface area contributed by atoms with E-state index in [1.807, 2.05) is 0 Å². The molecule has 0 unspecified atom stereocenters. The standard InChI is InChI=1S/C20H31N/c1-2-4-7-11-18-16-20(15-14-17(18)10-6-3-1)21-19-12-8-5-9-13-19/h14-16,19,21H,1-13H2. The predicted octanol–water partition coefficient (Wildman–Crippen LogP) is 5.87. The van der Waals surface area contributed by atoms with Crippen molar-refractivity contribution >= 4 is 5.69 Å². The summed E-state index contributed by atoms with van der Waals surface area (Å²) in [6, 6.07) is 7.92. The molecule has 1 heteroatoms. The smallest absolute Gasteiger partial charge is 0.0345 e. The third-order valence-corrected chi connectivity index (χ3v) is 5.32. The summed E-state index contributed by atoms with van der Waals surface area (Å²) in [7, 11) is 0. The third-order valence-electron chi connectivity index (χ3n) is 5.32. The Labute approximate surface area is 130 Å². The maximum atomic E-state index is 3.79. The number of nitrogens with one attached hydrogen (secondary N) is 1. The topological polar surface area (TPSA) is 12.0 Å². The SMILES string of the molecule is c1cc2c(cc1NC1CCCCC1)CCCCCCCC2. The van der Waals surface area contributed by atoms with E-state index in [9.17, 15) is 0 Å². The van der Waals surface area contributed by atoms with Crippen LogP contribution in [0.4, 0.5) is 5.69 Å². The molecule has 1 aromatic carbocycles. The van der Waals surface area contributed by atoms with E-state index in [-0.39, 0.29) is 0 Å². The van der Waals surface area contributed by atoms with Gasteiger partial charge < -0.3 is 5.32 Å². The molecule has 0 bridgehead atoms. The van der Waals surface area contributed by atoms with Crippen molar-refractivity contribution in [2.24, 2.45) is 0 Å². The normalized spacial score (nSPS) is 21.5. The fraction of sp³-hybridized carbons (Fsp3) is 0.700. The Balaban J connectivity index is 1.68. The third kappa shape index (κ3) is 4.49. The van der Waals surface area contributed by atoms with Gasteiger partial charge in [0.2, 0.25) is 0 Å². The fourth-order valence-corrected chi connectivity index (χ4v) is 4.01. The number of hydrogen-bond acceptors (Lipinski definition) is 1. The largest absolute Gasteiger partial charge is 0.382 e. The van der Waals surface area contributed by atoms with E-state index in [0.29, 0.717) is 0 Å². The van der Waals surface area contributed by atoms with Crippen molar-refractivity contribution in [3.8, 4) is 0 Å². The zero-order chi connectivity index (χ0) is 14.3. The summed E-state index contributed by atoms with van der Waals surface area (Å²) >= 11 is 0. The van der Waals surface area contributed by atoms with Crippen LogP contribution in [0, 0.1) is 0 Å². The first-order chi connectivity index (χ1) is 10.4. The van der Waals surface area contributed by atoms with E-state index >= 15 is 0 Å². The Bertz CT molecular complexity index is 431. The van der Waals surface area contributed by atoms with Gasteiger partial charge in [-0.25, -0.2) is 0 Å². The van der Waals surface area contributed by atoms with Gasteiger partial charge in [0.25, 0.3) is 0 Å². The van der Waals surface area contributed by atoms with E-state index in [1.54, 1.807) is 11.1 Å². The van der Waals surface area contributed by atoms with Crippen molar-refractivity contribution in [3.63, 3.8) is 0 Å². The van der Waals surface area contributed by atoms with Crippen LogP contribution in [0.15, 0.2) is 18.2 Å². The minimum Gasteiger partial charge on any atom is -0.382 e. The number of fused-ring (bicyclic) bond motifs is 1. The van der Waals surface area contributed by atoms with Crippen molar-refractivity contribution in [3.05, 3.63) is 29.3 Å². The molecule has 1 aromatic rings. The molecule has 2 aliphatic carbocycles. The van der Waals surface area contributed by atoms with Gasteiger partial charge in [-0.1, -0.05) is 51.0 Å². The summed E-state index contributed by atoms with van der Waals surface area (Å²) in [5.41, 5.74) is 4.61. The highest BCUT2D eigenvalue weighted by Gasteiger charge is 2.14. The molecule has 0 spiro atoms. The Morgan fingerprint density at radius 2 is 1.29 bits per heavy atom. The lowest BCUT2D eigenvalue weighted by Gasteiger charge is -2.24. The van der Waals surface area contributed by atoms with Crippen molar-refractivity contribution < 1.29 is 0 Å². The first kappa shape index (κ1) is 14.9. The van der Waals surface area contributed by atoms with Crippen molar-refractivity contribution in [1.29, 1.82) is 0 Å². The molecule has 1 saturated carbocycles. The lowest BCUT2D eigenvalue weighted by atomic mass is 9.93. The Morgan fingerprint density at radius 3 is 2.05 bits per heavy atom. The van der Waals surface area contributed by atoms with Crippen molar-refractivity contribution in [1.82, 2.24) is 0 Å². The fourth-order valence-electron chi connectivity index (χ4n) is 4.01. The highest BCUT2D eigenvalue weighted by Crippen LogP contribution is 2.26. The molecule has 0 aromatic heterocycles. The molecule has 116 valence electrons. The summed E-state index contributed by atoms with van der Waals surface area (Å²) in [6.45, 7) is 0. The van der Waals surface area contributed by atoms with Gasteiger partial charge in [-0.05, 0) is 61.8 Å². The zero-order valence-corrected chi connectivity index (χ0v) is 13.5. The molecule has 1 fully saturated rings. The molecule has 0 aliphatic heterocycles. The molecule has 0 saturated heterocycles. The summed E-state index contributed by atoms with van der Waals surface area (Å²) in [5, 5.41) is 3.79. The average molecular weight is 285 g/mol. The molecular weight excluding hydrogens is 254 g/mol. The highest BCUT2D eigenvalue weighted by atomic mass is 14.9. The van der Waals surface area contributed by atoms with Crippen LogP contribution < -0.4 is 5.32 Å². The molecule has 0 amide bonds. The maximum Gasteiger partial charge on any atom is 0.0345 e. The Kier molecular flexibility index (Phi) is 5.60. The summed E-state index contributed by atoms with van der Waals surface area (Å²) in [6.07, 6.45) is 18.0. The van der Waals surface area contributed by atoms with Crippen molar-refractivity contribution in [2.45, 2.75) is 89.5 Å². The maximum absolute atomic E-state index is 3.79. The molecule has 21 heavy (non-hydrogen) atoms. The van der Waals surface area contributed by atoms with E-state index in [0.717, 1.165) is 6.04 Å². The monoisotopic (exact) mass is 285 g/mol. The number of hydrogen-bond donors (Lipinski definition) is 1. The van der Waals surface area contributed by atoms with Gasteiger partial charge in [-0.15, -0.1) is 0 Å². The number of aryl methyl sites for hydroxylation is 2. The van der Waals surface area contributed by atoms with E-state index in [2.05, 4.69) is 23.5 Å². The molecule has 0 atom stereocenters. The number of benzene rings is 1. The van der Waals surface area contributed by atoms with E-state index in [4.69, 9.17) is 0 Å². The van der Waals surface area contributed by atoms with Gasteiger partial charge in [0.05, 0.1) is 0 Å². The Hall–Kier alpha value is -0.980. The predicted molar refractivity (Wildman–Crippen MR) is 92.0 cm³/mol. The molecule has 0 radical (unpaired) electrons. The molecule has 1 N–H and O–H groups in total. The van der Waals surface area contributed by atoms with Crippen molar-refractivity contribution in [2.75, 3.05) is 5.32 Å². The molecule has 3 rings (SSSR count). The lowest BCUT2D eigenvalue weighted by Crippen LogP contribution is -2.22. The van der Waals surface area contributed by atoms with E-state index < -0.39 is 0 Å².